The molecule has 1 saturated heterocycles. The third-order valence-electron chi connectivity index (χ3n) is 5.52. The van der Waals surface area contributed by atoms with Crippen LogP contribution in [-0.2, 0) is 4.74 Å². The first-order chi connectivity index (χ1) is 12.6. The Morgan fingerprint density at radius 1 is 1.23 bits per heavy atom. The number of ether oxygens (including phenoxy) is 1. The minimum atomic E-state index is 0.0584. The number of nitrogens with zero attached hydrogens (tertiary/aromatic N) is 2. The van der Waals surface area contributed by atoms with E-state index in [1.165, 1.54) is 18.4 Å². The molecule has 3 heterocycles. The van der Waals surface area contributed by atoms with Gasteiger partial charge in [0.25, 0.3) is 5.91 Å². The zero-order chi connectivity index (χ0) is 18.1. The molecule has 2 aromatic heterocycles. The van der Waals surface area contributed by atoms with Gasteiger partial charge in [0.2, 0.25) is 0 Å². The van der Waals surface area contributed by atoms with E-state index in [-0.39, 0.29) is 11.8 Å². The van der Waals surface area contributed by atoms with Gasteiger partial charge in [-0.25, -0.2) is 0 Å². The molecule has 1 saturated carbocycles. The van der Waals surface area contributed by atoms with Crippen LogP contribution in [0.4, 0.5) is 0 Å². The number of rotatable bonds is 6. The molecule has 5 nitrogen and oxygen atoms in total. The van der Waals surface area contributed by atoms with E-state index in [0.29, 0.717) is 30.4 Å². The second-order valence-electron chi connectivity index (χ2n) is 7.66. The third-order valence-corrected chi connectivity index (χ3v) is 5.52. The van der Waals surface area contributed by atoms with Crippen LogP contribution in [0.2, 0.25) is 0 Å². The lowest BCUT2D eigenvalue weighted by molar-refractivity contribution is 0.0738. The predicted molar refractivity (Wildman–Crippen MR) is 98.1 cm³/mol. The Morgan fingerprint density at radius 3 is 2.65 bits per heavy atom. The minimum absolute atomic E-state index is 0.0584. The van der Waals surface area contributed by atoms with Crippen LogP contribution in [0.25, 0.3) is 0 Å². The van der Waals surface area contributed by atoms with Crippen molar-refractivity contribution in [3.8, 4) is 0 Å². The van der Waals surface area contributed by atoms with E-state index in [0.717, 1.165) is 24.8 Å². The van der Waals surface area contributed by atoms with Crippen molar-refractivity contribution in [3.63, 3.8) is 0 Å². The highest BCUT2D eigenvalue weighted by atomic mass is 16.5. The van der Waals surface area contributed by atoms with Crippen LogP contribution in [0, 0.1) is 25.7 Å². The molecule has 1 aliphatic carbocycles. The number of aryl methyl sites for hydroxylation is 2. The molecule has 1 amide bonds. The van der Waals surface area contributed by atoms with Gasteiger partial charge >= 0.3 is 0 Å². The van der Waals surface area contributed by atoms with Gasteiger partial charge in [-0.15, -0.1) is 0 Å². The average molecular weight is 354 g/mol. The van der Waals surface area contributed by atoms with Gasteiger partial charge in [-0.2, -0.15) is 0 Å². The summed E-state index contributed by atoms with van der Waals surface area (Å²) in [5.74, 6) is 2.89. The number of furan rings is 1. The number of aromatic nitrogens is 1. The van der Waals surface area contributed by atoms with E-state index < -0.39 is 0 Å². The molecule has 1 aliphatic heterocycles. The molecule has 4 rings (SSSR count). The summed E-state index contributed by atoms with van der Waals surface area (Å²) < 4.78 is 11.5. The summed E-state index contributed by atoms with van der Waals surface area (Å²) in [6, 6.07) is 5.95. The van der Waals surface area contributed by atoms with E-state index >= 15 is 0 Å². The summed E-state index contributed by atoms with van der Waals surface area (Å²) in [6.45, 7) is 6.73. The first-order valence-electron chi connectivity index (χ1n) is 9.46. The highest BCUT2D eigenvalue weighted by Gasteiger charge is 2.37. The maximum absolute atomic E-state index is 13.0. The second-order valence-corrected chi connectivity index (χ2v) is 7.66. The summed E-state index contributed by atoms with van der Waals surface area (Å²) in [7, 11) is 0. The summed E-state index contributed by atoms with van der Waals surface area (Å²) in [6.07, 6.45) is 6.24. The molecule has 26 heavy (non-hydrogen) atoms. The standard InChI is InChI=1S/C21H26N2O3/c1-14-9-19(15(2)26-14)21(24)23-10-18(13-25-12-16-3-4-16)20(11-23)17-5-7-22-8-6-17/h5-9,16,18,20H,3-4,10-13H2,1-2H3/t18-,20-/m0/s1. The van der Waals surface area contributed by atoms with E-state index in [9.17, 15) is 4.79 Å². The van der Waals surface area contributed by atoms with Gasteiger partial charge in [-0.3, -0.25) is 9.78 Å². The predicted octanol–water partition coefficient (Wildman–Crippen LogP) is 3.57. The average Bonchev–Trinajstić information content (AvgIpc) is 3.26. The Labute approximate surface area is 154 Å². The summed E-state index contributed by atoms with van der Waals surface area (Å²) in [5, 5.41) is 0. The Morgan fingerprint density at radius 2 is 2.00 bits per heavy atom. The summed E-state index contributed by atoms with van der Waals surface area (Å²) in [5.41, 5.74) is 1.91. The van der Waals surface area contributed by atoms with Crippen molar-refractivity contribution in [2.75, 3.05) is 26.3 Å². The van der Waals surface area contributed by atoms with Crippen LogP contribution in [0.1, 0.15) is 46.2 Å². The Bertz CT molecular complexity index is 767. The highest BCUT2D eigenvalue weighted by Crippen LogP contribution is 2.35. The van der Waals surface area contributed by atoms with Crippen LogP contribution < -0.4 is 0 Å². The molecular formula is C21H26N2O3. The van der Waals surface area contributed by atoms with Gasteiger partial charge in [-0.1, -0.05) is 0 Å². The smallest absolute Gasteiger partial charge is 0.257 e. The van der Waals surface area contributed by atoms with Gasteiger partial charge in [0.15, 0.2) is 0 Å². The molecular weight excluding hydrogens is 328 g/mol. The third kappa shape index (κ3) is 3.68. The minimum Gasteiger partial charge on any atom is -0.466 e. The Balaban J connectivity index is 1.49. The van der Waals surface area contributed by atoms with Gasteiger partial charge in [-0.05, 0) is 56.4 Å². The van der Waals surface area contributed by atoms with E-state index in [1.54, 1.807) is 0 Å². The summed E-state index contributed by atoms with van der Waals surface area (Å²) in [4.78, 5) is 19.1. The number of amides is 1. The number of carbonyl (C=O) groups excluding carboxylic acids is 1. The van der Waals surface area contributed by atoms with Crippen molar-refractivity contribution in [3.05, 3.63) is 53.2 Å². The number of hydrogen-bond donors (Lipinski definition) is 0. The molecule has 0 spiro atoms. The molecule has 2 fully saturated rings. The van der Waals surface area contributed by atoms with Crippen molar-refractivity contribution >= 4 is 5.91 Å². The van der Waals surface area contributed by atoms with Crippen molar-refractivity contribution in [1.29, 1.82) is 0 Å². The number of pyridine rings is 1. The van der Waals surface area contributed by atoms with Crippen LogP contribution in [0.5, 0.6) is 0 Å². The van der Waals surface area contributed by atoms with Gasteiger partial charge in [0, 0.05) is 43.9 Å². The summed E-state index contributed by atoms with van der Waals surface area (Å²) >= 11 is 0. The van der Waals surface area contributed by atoms with E-state index in [2.05, 4.69) is 17.1 Å². The fourth-order valence-corrected chi connectivity index (χ4v) is 3.88. The monoisotopic (exact) mass is 354 g/mol. The Hall–Kier alpha value is -2.14. The molecule has 5 heteroatoms. The molecule has 0 radical (unpaired) electrons. The fraction of sp³-hybridized carbons (Fsp3) is 0.524. The van der Waals surface area contributed by atoms with Crippen molar-refractivity contribution in [2.45, 2.75) is 32.6 Å². The SMILES string of the molecule is Cc1cc(C(=O)N2C[C@@H](COCC3CC3)[C@H](c3ccncc3)C2)c(C)o1. The molecule has 0 bridgehead atoms. The van der Waals surface area contributed by atoms with Gasteiger partial charge in [0.1, 0.15) is 11.5 Å². The largest absolute Gasteiger partial charge is 0.466 e. The van der Waals surface area contributed by atoms with Gasteiger partial charge < -0.3 is 14.1 Å². The first-order valence-corrected chi connectivity index (χ1v) is 9.46. The zero-order valence-corrected chi connectivity index (χ0v) is 15.5. The lowest BCUT2D eigenvalue weighted by atomic mass is 9.90. The fourth-order valence-electron chi connectivity index (χ4n) is 3.88. The topological polar surface area (TPSA) is 55.6 Å². The maximum atomic E-state index is 13.0. The molecule has 2 atom stereocenters. The van der Waals surface area contributed by atoms with E-state index in [4.69, 9.17) is 9.15 Å². The highest BCUT2D eigenvalue weighted by molar-refractivity contribution is 5.95. The van der Waals surface area contributed by atoms with Crippen LogP contribution in [0.15, 0.2) is 35.0 Å². The normalized spacial score (nSPS) is 22.8. The van der Waals surface area contributed by atoms with Crippen LogP contribution >= 0.6 is 0 Å². The van der Waals surface area contributed by atoms with E-state index in [1.807, 2.05) is 37.2 Å². The number of hydrogen-bond acceptors (Lipinski definition) is 4. The number of carbonyl (C=O) groups is 1. The molecule has 0 aromatic carbocycles. The maximum Gasteiger partial charge on any atom is 0.257 e. The van der Waals surface area contributed by atoms with Crippen molar-refractivity contribution in [1.82, 2.24) is 9.88 Å². The van der Waals surface area contributed by atoms with Crippen LogP contribution in [-0.4, -0.2) is 42.1 Å². The van der Waals surface area contributed by atoms with Crippen LogP contribution in [0.3, 0.4) is 0 Å². The van der Waals surface area contributed by atoms with Gasteiger partial charge in [0.05, 0.1) is 12.2 Å². The quantitative estimate of drug-likeness (QED) is 0.796. The molecule has 0 unspecified atom stereocenters. The molecule has 0 N–H and O–H groups in total. The van der Waals surface area contributed by atoms with Crippen molar-refractivity contribution in [2.24, 2.45) is 11.8 Å². The lowest BCUT2D eigenvalue weighted by Gasteiger charge is -2.18. The second kappa shape index (κ2) is 7.23. The molecule has 2 aromatic rings. The van der Waals surface area contributed by atoms with Crippen molar-refractivity contribution < 1.29 is 13.9 Å². The Kier molecular flexibility index (Phi) is 4.81. The molecule has 2 aliphatic rings. The lowest BCUT2D eigenvalue weighted by Crippen LogP contribution is -2.29. The number of likely N-dealkylation sites (tertiary alicyclic amines) is 1. The molecule has 138 valence electrons. The first kappa shape index (κ1) is 17.3. The zero-order valence-electron chi connectivity index (χ0n) is 15.5.